The van der Waals surface area contributed by atoms with Gasteiger partial charge in [-0.25, -0.2) is 14.6 Å². The summed E-state index contributed by atoms with van der Waals surface area (Å²) in [5.41, 5.74) is 7.30. The Hall–Kier alpha value is -1.25. The zero-order valence-corrected chi connectivity index (χ0v) is 14.2. The summed E-state index contributed by atoms with van der Waals surface area (Å²) < 4.78 is 7.31. The number of alkyl carbamates (subject to hydrolysis) is 1. The summed E-state index contributed by atoms with van der Waals surface area (Å²) in [5, 5.41) is 7.37. The van der Waals surface area contributed by atoms with Crippen LogP contribution in [0.3, 0.4) is 0 Å². The number of rotatable bonds is 5. The third kappa shape index (κ3) is 13.5. The van der Waals surface area contributed by atoms with Gasteiger partial charge in [-0.15, -0.1) is 0 Å². The lowest BCUT2D eigenvalue weighted by molar-refractivity contribution is 0.160. The molecule has 9 heteroatoms. The largest absolute Gasteiger partial charge is 0.436 e. The van der Waals surface area contributed by atoms with Gasteiger partial charge in [0.25, 0.3) is 0 Å². The molecule has 0 radical (unpaired) electrons. The van der Waals surface area contributed by atoms with Gasteiger partial charge in [0.1, 0.15) is 0 Å². The molecule has 1 fully saturated rings. The number of carbonyl (C=O) groups is 2. The summed E-state index contributed by atoms with van der Waals surface area (Å²) in [7, 11) is 0. The van der Waals surface area contributed by atoms with Crippen LogP contribution in [0.15, 0.2) is 0 Å². The van der Waals surface area contributed by atoms with E-state index in [1.807, 2.05) is 22.6 Å². The Morgan fingerprint density at radius 1 is 1.52 bits per heavy atom. The van der Waals surface area contributed by atoms with Crippen molar-refractivity contribution in [1.29, 1.82) is 0 Å². The standard InChI is InChI=1S/C8H12INO2.C4H10N4O/c1-2-3-6-10-8(11)12-7-4-5-9;5-4(9)7-8-2-1-6-3-8/h2-3,6-7H2,1H3,(H,10,11);6H,1-3H2,(H3,5,7,9). The first-order valence-electron chi connectivity index (χ1n) is 6.61. The van der Waals surface area contributed by atoms with E-state index in [4.69, 9.17) is 10.5 Å². The first-order valence-corrected chi connectivity index (χ1v) is 7.68. The van der Waals surface area contributed by atoms with Crippen LogP contribution in [0.1, 0.15) is 19.8 Å². The van der Waals surface area contributed by atoms with Crippen LogP contribution in [-0.4, -0.2) is 50.0 Å². The third-order valence-corrected chi connectivity index (χ3v) is 2.65. The number of unbranched alkanes of at least 4 members (excludes halogenated alkanes) is 1. The Labute approximate surface area is 138 Å². The van der Waals surface area contributed by atoms with Gasteiger partial charge in [-0.1, -0.05) is 19.3 Å². The molecule has 0 aromatic heterocycles. The third-order valence-electron chi connectivity index (χ3n) is 2.27. The maximum absolute atomic E-state index is 10.8. The Kier molecular flexibility index (Phi) is 12.9. The highest BCUT2D eigenvalue weighted by Gasteiger charge is 2.10. The number of nitrogens with zero attached hydrogens (tertiary/aromatic N) is 1. The lowest BCUT2D eigenvalue weighted by atomic mass is 10.3. The van der Waals surface area contributed by atoms with Gasteiger partial charge in [0.2, 0.25) is 0 Å². The molecule has 0 atom stereocenters. The molecular weight excluding hydrogens is 389 g/mol. The predicted molar refractivity (Wildman–Crippen MR) is 88.3 cm³/mol. The molecule has 0 unspecified atom stereocenters. The number of carbonyl (C=O) groups excluding carboxylic acids is 2. The van der Waals surface area contributed by atoms with E-state index in [0.29, 0.717) is 13.2 Å². The monoisotopic (exact) mass is 411 g/mol. The van der Waals surface area contributed by atoms with E-state index in [0.717, 1.165) is 25.9 Å². The van der Waals surface area contributed by atoms with Gasteiger partial charge >= 0.3 is 12.1 Å². The van der Waals surface area contributed by atoms with Gasteiger partial charge in [0.15, 0.2) is 6.61 Å². The minimum atomic E-state index is -0.501. The van der Waals surface area contributed by atoms with Crippen LogP contribution in [0.5, 0.6) is 0 Å². The van der Waals surface area contributed by atoms with Crippen molar-refractivity contribution in [3.8, 4) is 9.85 Å². The second kappa shape index (κ2) is 13.7. The van der Waals surface area contributed by atoms with Crippen LogP contribution in [0.4, 0.5) is 9.59 Å². The van der Waals surface area contributed by atoms with Crippen molar-refractivity contribution < 1.29 is 14.3 Å². The number of urea groups is 1. The summed E-state index contributed by atoms with van der Waals surface area (Å²) in [4.78, 5) is 21.0. The normalized spacial score (nSPS) is 13.2. The average molecular weight is 411 g/mol. The Morgan fingerprint density at radius 2 is 2.29 bits per heavy atom. The molecule has 1 rings (SSSR count). The van der Waals surface area contributed by atoms with Crippen LogP contribution in [0.2, 0.25) is 0 Å². The quantitative estimate of drug-likeness (QED) is 0.297. The van der Waals surface area contributed by atoms with Gasteiger partial charge in [0.05, 0.1) is 6.67 Å². The van der Waals surface area contributed by atoms with E-state index < -0.39 is 6.03 Å². The maximum atomic E-state index is 10.8. The van der Waals surface area contributed by atoms with Crippen LogP contribution in [-0.2, 0) is 4.74 Å². The van der Waals surface area contributed by atoms with E-state index in [1.54, 1.807) is 5.01 Å². The fraction of sp³-hybridized carbons (Fsp3) is 0.667. The van der Waals surface area contributed by atoms with Gasteiger partial charge < -0.3 is 21.1 Å². The van der Waals surface area contributed by atoms with Crippen LogP contribution < -0.4 is 21.8 Å². The van der Waals surface area contributed by atoms with E-state index in [2.05, 4.69) is 32.8 Å². The molecule has 0 aromatic rings. The molecule has 0 aliphatic carbocycles. The van der Waals surface area contributed by atoms with Crippen molar-refractivity contribution in [2.45, 2.75) is 19.8 Å². The number of nitrogens with one attached hydrogen (secondary N) is 3. The molecule has 1 saturated heterocycles. The number of hydrogen-bond donors (Lipinski definition) is 4. The SMILES string of the molecule is CCCCNC(=O)OCC#CI.NC(=O)NN1CCNC1. The number of amides is 3. The first kappa shape index (κ1) is 19.8. The van der Waals surface area contributed by atoms with Crippen LogP contribution in [0, 0.1) is 9.85 Å². The van der Waals surface area contributed by atoms with Crippen molar-refractivity contribution in [2.24, 2.45) is 5.73 Å². The molecule has 0 spiro atoms. The maximum Gasteiger partial charge on any atom is 0.408 e. The Balaban J connectivity index is 0.000000394. The number of ether oxygens (including phenoxy) is 1. The highest BCUT2D eigenvalue weighted by molar-refractivity contribution is 14.1. The molecule has 1 heterocycles. The van der Waals surface area contributed by atoms with Gasteiger partial charge in [-0.2, -0.15) is 0 Å². The minimum absolute atomic E-state index is 0.168. The zero-order valence-electron chi connectivity index (χ0n) is 12.1. The van der Waals surface area contributed by atoms with E-state index >= 15 is 0 Å². The number of hydrogen-bond acceptors (Lipinski definition) is 5. The van der Waals surface area contributed by atoms with Gasteiger partial charge in [-0.05, 0) is 10.3 Å². The molecule has 0 saturated carbocycles. The van der Waals surface area contributed by atoms with Crippen LogP contribution in [0.25, 0.3) is 0 Å². The summed E-state index contributed by atoms with van der Waals surface area (Å²) in [5.74, 6) is 2.62. The molecule has 0 bridgehead atoms. The Morgan fingerprint density at radius 3 is 2.81 bits per heavy atom. The lowest BCUT2D eigenvalue weighted by Gasteiger charge is -2.12. The molecule has 8 nitrogen and oxygen atoms in total. The fourth-order valence-electron chi connectivity index (χ4n) is 1.31. The molecule has 1 aliphatic rings. The summed E-state index contributed by atoms with van der Waals surface area (Å²) in [6.45, 7) is 5.31. The van der Waals surface area contributed by atoms with Crippen LogP contribution >= 0.6 is 22.6 Å². The van der Waals surface area contributed by atoms with Crippen molar-refractivity contribution in [3.05, 3.63) is 0 Å². The van der Waals surface area contributed by atoms with E-state index in [9.17, 15) is 9.59 Å². The summed E-state index contributed by atoms with van der Waals surface area (Å²) in [6, 6.07) is -0.501. The number of nitrogens with two attached hydrogens (primary N) is 1. The smallest absolute Gasteiger partial charge is 0.408 e. The molecule has 1 aliphatic heterocycles. The second-order valence-electron chi connectivity index (χ2n) is 4.03. The van der Waals surface area contributed by atoms with Gasteiger partial charge in [0, 0.05) is 42.2 Å². The van der Waals surface area contributed by atoms with E-state index in [-0.39, 0.29) is 12.7 Å². The Bertz CT molecular complexity index is 364. The van der Waals surface area contributed by atoms with Crippen molar-refractivity contribution >= 4 is 34.7 Å². The molecule has 5 N–H and O–H groups in total. The number of primary amides is 1. The second-order valence-corrected chi connectivity index (χ2v) is 4.56. The first-order chi connectivity index (χ1) is 10.1. The number of halogens is 1. The molecule has 120 valence electrons. The topological polar surface area (TPSA) is 109 Å². The average Bonchev–Trinajstić information content (AvgIpc) is 2.92. The highest BCUT2D eigenvalue weighted by atomic mass is 127. The summed E-state index contributed by atoms with van der Waals surface area (Å²) >= 11 is 1.90. The van der Waals surface area contributed by atoms with Crippen molar-refractivity contribution in [2.75, 3.05) is 32.9 Å². The molecule has 3 amide bonds. The fourth-order valence-corrected chi connectivity index (χ4v) is 1.46. The minimum Gasteiger partial charge on any atom is -0.436 e. The molecule has 0 aromatic carbocycles. The lowest BCUT2D eigenvalue weighted by Crippen LogP contribution is -2.44. The highest BCUT2D eigenvalue weighted by Crippen LogP contribution is 1.85. The van der Waals surface area contributed by atoms with E-state index in [1.165, 1.54) is 0 Å². The zero-order chi connectivity index (χ0) is 15.9. The van der Waals surface area contributed by atoms with Crippen molar-refractivity contribution in [3.63, 3.8) is 0 Å². The van der Waals surface area contributed by atoms with Gasteiger partial charge in [-0.3, -0.25) is 5.43 Å². The summed E-state index contributed by atoms with van der Waals surface area (Å²) in [6.07, 6.45) is 1.66. The predicted octanol–water partition coefficient (Wildman–Crippen LogP) is 0.341. The van der Waals surface area contributed by atoms with Crippen molar-refractivity contribution in [1.82, 2.24) is 21.1 Å². The molecule has 21 heavy (non-hydrogen) atoms. The number of hydrazine groups is 1. The molecular formula is C12H22IN5O3.